The van der Waals surface area contributed by atoms with Crippen LogP contribution >= 0.6 is 54.8 Å². The maximum atomic E-state index is 6.22. The van der Waals surface area contributed by atoms with E-state index in [2.05, 4.69) is 47.2 Å². The molecule has 0 bridgehead atoms. The molecule has 0 saturated carbocycles. The van der Waals surface area contributed by atoms with Gasteiger partial charge in [0.05, 0.1) is 5.33 Å². The van der Waals surface area contributed by atoms with E-state index in [9.17, 15) is 0 Å². The lowest BCUT2D eigenvalue weighted by Gasteiger charge is -2.01. The summed E-state index contributed by atoms with van der Waals surface area (Å²) in [4.78, 5) is 0.783. The maximum absolute atomic E-state index is 6.22. The first kappa shape index (κ1) is 13.5. The second-order valence-electron chi connectivity index (χ2n) is 3.79. The molecule has 0 aliphatic rings. The van der Waals surface area contributed by atoms with Crippen molar-refractivity contribution in [1.82, 2.24) is 19.8 Å². The summed E-state index contributed by atoms with van der Waals surface area (Å²) in [5, 5.41) is 15.6. The van der Waals surface area contributed by atoms with E-state index in [1.807, 2.05) is 18.2 Å². The lowest BCUT2D eigenvalue weighted by molar-refractivity contribution is 0.891. The first-order chi connectivity index (χ1) is 9.22. The third-order valence-electron chi connectivity index (χ3n) is 2.62. The van der Waals surface area contributed by atoms with Gasteiger partial charge in [-0.15, -0.1) is 10.2 Å². The summed E-state index contributed by atoms with van der Waals surface area (Å²) in [5.41, 5.74) is 2.06. The summed E-state index contributed by atoms with van der Waals surface area (Å²) in [6, 6.07) is 5.94. The zero-order valence-corrected chi connectivity index (χ0v) is 14.2. The van der Waals surface area contributed by atoms with E-state index in [1.165, 1.54) is 11.3 Å². The highest BCUT2D eigenvalue weighted by molar-refractivity contribution is 9.08. The quantitative estimate of drug-likeness (QED) is 0.591. The van der Waals surface area contributed by atoms with Gasteiger partial charge in [-0.3, -0.25) is 0 Å². The van der Waals surface area contributed by atoms with Crippen molar-refractivity contribution in [3.8, 4) is 10.6 Å². The van der Waals surface area contributed by atoms with Gasteiger partial charge in [0, 0.05) is 15.9 Å². The molecule has 98 valence electrons. The number of alkyl halides is 2. The molecular formula is C11H7Br2ClN4S. The fraction of sp³-hybridized carbons (Fsp3) is 0.182. The summed E-state index contributed by atoms with van der Waals surface area (Å²) < 4.78 is 1.75. The van der Waals surface area contributed by atoms with Crippen LogP contribution in [0.2, 0.25) is 5.02 Å². The highest BCUT2D eigenvalue weighted by Gasteiger charge is 2.13. The molecular weight excluding hydrogens is 415 g/mol. The van der Waals surface area contributed by atoms with E-state index in [1.54, 1.807) is 4.52 Å². The molecule has 1 aromatic carbocycles. The third-order valence-corrected chi connectivity index (χ3v) is 5.02. The molecule has 0 unspecified atom stereocenters. The number of hydrogen-bond donors (Lipinski definition) is 0. The van der Waals surface area contributed by atoms with Gasteiger partial charge in [-0.1, -0.05) is 66.9 Å². The molecule has 0 aliphatic carbocycles. The van der Waals surface area contributed by atoms with Gasteiger partial charge in [-0.05, 0) is 11.6 Å². The first-order valence-corrected chi connectivity index (χ1v) is 8.78. The maximum Gasteiger partial charge on any atom is 0.235 e. The second-order valence-corrected chi connectivity index (χ2v) is 6.28. The van der Waals surface area contributed by atoms with Crippen molar-refractivity contribution in [2.45, 2.75) is 10.7 Å². The Hall–Kier alpha value is -0.500. The van der Waals surface area contributed by atoms with Crippen molar-refractivity contribution in [3.05, 3.63) is 34.6 Å². The van der Waals surface area contributed by atoms with Gasteiger partial charge < -0.3 is 0 Å². The number of halogens is 3. The Bertz CT molecular complexity index is 739. The zero-order valence-electron chi connectivity index (χ0n) is 9.48. The molecule has 0 N–H and O–H groups in total. The SMILES string of the molecule is Clc1cc(-c2nn3c(CBr)nnc3s2)ccc1CBr. The average Bonchev–Trinajstić information content (AvgIpc) is 2.98. The summed E-state index contributed by atoms with van der Waals surface area (Å²) >= 11 is 14.5. The van der Waals surface area contributed by atoms with Crippen LogP contribution in [0, 0.1) is 0 Å². The fourth-order valence-corrected chi connectivity index (χ4v) is 3.75. The van der Waals surface area contributed by atoms with Crippen molar-refractivity contribution >= 4 is 59.8 Å². The molecule has 0 amide bonds. The number of nitrogens with zero attached hydrogens (tertiary/aromatic N) is 4. The largest absolute Gasteiger partial charge is 0.235 e. The molecule has 0 spiro atoms. The van der Waals surface area contributed by atoms with Crippen LogP contribution < -0.4 is 0 Å². The summed E-state index contributed by atoms with van der Waals surface area (Å²) in [6.07, 6.45) is 0. The smallest absolute Gasteiger partial charge is 0.186 e. The highest BCUT2D eigenvalue weighted by atomic mass is 79.9. The number of rotatable bonds is 3. The van der Waals surface area contributed by atoms with Crippen LogP contribution in [0.25, 0.3) is 15.5 Å². The average molecular weight is 423 g/mol. The van der Waals surface area contributed by atoms with E-state index < -0.39 is 0 Å². The molecule has 4 nitrogen and oxygen atoms in total. The number of hydrogen-bond acceptors (Lipinski definition) is 4. The van der Waals surface area contributed by atoms with E-state index in [4.69, 9.17) is 11.6 Å². The molecule has 0 aliphatic heterocycles. The van der Waals surface area contributed by atoms with Crippen molar-refractivity contribution in [2.75, 3.05) is 0 Å². The third kappa shape index (κ3) is 2.44. The topological polar surface area (TPSA) is 43.1 Å². The predicted octanol–water partition coefficient (Wildman–Crippen LogP) is 4.30. The molecule has 2 heterocycles. The number of aromatic nitrogens is 4. The van der Waals surface area contributed by atoms with Gasteiger partial charge in [-0.25, -0.2) is 0 Å². The van der Waals surface area contributed by atoms with Gasteiger partial charge in [0.25, 0.3) is 0 Å². The standard InChI is InChI=1S/C11H7Br2ClN4S/c12-4-7-2-1-6(3-8(7)14)10-17-18-9(5-13)15-16-11(18)19-10/h1-3H,4-5H2. The Morgan fingerprint density at radius 2 is 2.05 bits per heavy atom. The van der Waals surface area contributed by atoms with E-state index in [-0.39, 0.29) is 0 Å². The van der Waals surface area contributed by atoms with Crippen LogP contribution in [0.15, 0.2) is 18.2 Å². The van der Waals surface area contributed by atoms with Gasteiger partial charge in [0.15, 0.2) is 5.82 Å². The second kappa shape index (κ2) is 5.47. The van der Waals surface area contributed by atoms with E-state index in [0.29, 0.717) is 5.33 Å². The summed E-state index contributed by atoms with van der Waals surface area (Å²) in [6.45, 7) is 0. The van der Waals surface area contributed by atoms with Crippen LogP contribution in [0.5, 0.6) is 0 Å². The minimum atomic E-state index is 0.626. The molecule has 3 rings (SSSR count). The molecule has 8 heteroatoms. The van der Waals surface area contributed by atoms with E-state index in [0.717, 1.165) is 37.3 Å². The molecule has 19 heavy (non-hydrogen) atoms. The van der Waals surface area contributed by atoms with Crippen LogP contribution in [-0.2, 0) is 10.7 Å². The monoisotopic (exact) mass is 420 g/mol. The van der Waals surface area contributed by atoms with Gasteiger partial charge in [0.2, 0.25) is 4.96 Å². The van der Waals surface area contributed by atoms with Crippen molar-refractivity contribution in [3.63, 3.8) is 0 Å². The number of benzene rings is 1. The zero-order chi connectivity index (χ0) is 13.4. The van der Waals surface area contributed by atoms with E-state index >= 15 is 0 Å². The Balaban J connectivity index is 2.08. The van der Waals surface area contributed by atoms with Gasteiger partial charge in [-0.2, -0.15) is 9.61 Å². The Morgan fingerprint density at radius 3 is 2.74 bits per heavy atom. The van der Waals surface area contributed by atoms with Crippen molar-refractivity contribution in [1.29, 1.82) is 0 Å². The summed E-state index contributed by atoms with van der Waals surface area (Å²) in [5.74, 6) is 0.792. The summed E-state index contributed by atoms with van der Waals surface area (Å²) in [7, 11) is 0. The van der Waals surface area contributed by atoms with Gasteiger partial charge in [0.1, 0.15) is 5.01 Å². The molecule has 0 saturated heterocycles. The number of fused-ring (bicyclic) bond motifs is 1. The van der Waals surface area contributed by atoms with Crippen LogP contribution in [-0.4, -0.2) is 19.8 Å². The normalized spacial score (nSPS) is 11.3. The predicted molar refractivity (Wildman–Crippen MR) is 84.4 cm³/mol. The Labute approximate surface area is 135 Å². The first-order valence-electron chi connectivity index (χ1n) is 5.34. The minimum Gasteiger partial charge on any atom is -0.186 e. The molecule has 2 aromatic heterocycles. The molecule has 0 atom stereocenters. The molecule has 3 aromatic rings. The lowest BCUT2D eigenvalue weighted by Crippen LogP contribution is -1.92. The Morgan fingerprint density at radius 1 is 1.21 bits per heavy atom. The lowest BCUT2D eigenvalue weighted by atomic mass is 10.2. The Kier molecular flexibility index (Phi) is 3.88. The fourth-order valence-electron chi connectivity index (χ4n) is 1.65. The highest BCUT2D eigenvalue weighted by Crippen LogP contribution is 2.30. The molecule has 0 radical (unpaired) electrons. The van der Waals surface area contributed by atoms with Crippen molar-refractivity contribution in [2.24, 2.45) is 0 Å². The van der Waals surface area contributed by atoms with Crippen LogP contribution in [0.4, 0.5) is 0 Å². The minimum absolute atomic E-state index is 0.626. The molecule has 0 fully saturated rings. The van der Waals surface area contributed by atoms with Crippen LogP contribution in [0.3, 0.4) is 0 Å². The van der Waals surface area contributed by atoms with Crippen molar-refractivity contribution < 1.29 is 0 Å². The van der Waals surface area contributed by atoms with Gasteiger partial charge >= 0.3 is 0 Å². The van der Waals surface area contributed by atoms with Crippen LogP contribution in [0.1, 0.15) is 11.4 Å².